The van der Waals surface area contributed by atoms with Crippen LogP contribution in [0.25, 0.3) is 0 Å². The monoisotopic (exact) mass is 433 g/mol. The van der Waals surface area contributed by atoms with Crippen molar-refractivity contribution >= 4 is 23.7 Å². The zero-order valence-corrected chi connectivity index (χ0v) is 18.5. The third-order valence-electron chi connectivity index (χ3n) is 4.87. The molecule has 1 fully saturated rings. The number of hydrogen-bond donors (Lipinski definition) is 0. The summed E-state index contributed by atoms with van der Waals surface area (Å²) in [5.41, 5.74) is 2.17. The van der Waals surface area contributed by atoms with Crippen molar-refractivity contribution in [3.8, 4) is 0 Å². The highest BCUT2D eigenvalue weighted by Gasteiger charge is 2.24. The summed E-state index contributed by atoms with van der Waals surface area (Å²) in [7, 11) is 1.66. The number of benzene rings is 1. The summed E-state index contributed by atoms with van der Waals surface area (Å²) in [6, 6.07) is 8.28. The lowest BCUT2D eigenvalue weighted by Crippen LogP contribution is -2.44. The molecule has 0 unspecified atom stereocenters. The number of carbonyl (C=O) groups excluding carboxylic acids is 1. The molecule has 1 atom stereocenters. The van der Waals surface area contributed by atoms with Crippen LogP contribution in [-0.4, -0.2) is 60.5 Å². The van der Waals surface area contributed by atoms with E-state index >= 15 is 0 Å². The molecule has 0 N–H and O–H groups in total. The number of rotatable bonds is 8. The average Bonchev–Trinajstić information content (AvgIpc) is 2.73. The van der Waals surface area contributed by atoms with Crippen molar-refractivity contribution in [3.63, 3.8) is 0 Å². The molecule has 0 aliphatic carbocycles. The Hall–Kier alpha value is -2.16. The Labute approximate surface area is 181 Å². The molecule has 30 heavy (non-hydrogen) atoms. The first-order chi connectivity index (χ1) is 14.5. The van der Waals surface area contributed by atoms with Crippen LogP contribution in [0, 0.1) is 12.7 Å². The highest BCUT2D eigenvalue weighted by Crippen LogP contribution is 2.24. The zero-order valence-electron chi connectivity index (χ0n) is 17.6. The predicted octanol–water partition coefficient (Wildman–Crippen LogP) is 3.69. The largest absolute Gasteiger partial charge is 0.382 e. The Morgan fingerprint density at radius 3 is 2.97 bits per heavy atom. The lowest BCUT2D eigenvalue weighted by atomic mass is 10.1. The van der Waals surface area contributed by atoms with Gasteiger partial charge in [-0.3, -0.25) is 9.10 Å². The van der Waals surface area contributed by atoms with Gasteiger partial charge in [-0.1, -0.05) is 19.1 Å². The minimum absolute atomic E-state index is 0.00915. The SMILES string of the molecule is CCSN(Cc1cccc(F)c1)C(=O)c1cnc(N2CCO[C@H](COC)C2)cc1C. The van der Waals surface area contributed by atoms with Crippen LogP contribution in [-0.2, 0) is 16.0 Å². The van der Waals surface area contributed by atoms with Gasteiger partial charge < -0.3 is 14.4 Å². The number of amides is 1. The molecule has 1 aliphatic heterocycles. The highest BCUT2D eigenvalue weighted by molar-refractivity contribution is 7.97. The van der Waals surface area contributed by atoms with Crippen molar-refractivity contribution in [1.82, 2.24) is 9.29 Å². The molecule has 1 amide bonds. The van der Waals surface area contributed by atoms with Gasteiger partial charge >= 0.3 is 0 Å². The van der Waals surface area contributed by atoms with Crippen LogP contribution in [0.2, 0.25) is 0 Å². The Bertz CT molecular complexity index is 865. The van der Waals surface area contributed by atoms with E-state index in [0.717, 1.165) is 29.2 Å². The molecule has 162 valence electrons. The third-order valence-corrected chi connectivity index (χ3v) is 5.73. The number of pyridine rings is 1. The molecule has 1 saturated heterocycles. The van der Waals surface area contributed by atoms with Crippen molar-refractivity contribution in [2.45, 2.75) is 26.5 Å². The van der Waals surface area contributed by atoms with Crippen LogP contribution in [0.5, 0.6) is 0 Å². The van der Waals surface area contributed by atoms with Crippen molar-refractivity contribution in [2.75, 3.05) is 44.1 Å². The Morgan fingerprint density at radius 2 is 2.27 bits per heavy atom. The molecule has 0 radical (unpaired) electrons. The lowest BCUT2D eigenvalue weighted by molar-refractivity contribution is -0.0102. The molecule has 2 aromatic rings. The van der Waals surface area contributed by atoms with E-state index < -0.39 is 0 Å². The van der Waals surface area contributed by atoms with E-state index in [-0.39, 0.29) is 17.8 Å². The summed E-state index contributed by atoms with van der Waals surface area (Å²) in [5.74, 6) is 1.14. The number of methoxy groups -OCH3 is 1. The van der Waals surface area contributed by atoms with Gasteiger partial charge in [-0.15, -0.1) is 0 Å². The van der Waals surface area contributed by atoms with Gasteiger partial charge in [-0.25, -0.2) is 9.37 Å². The van der Waals surface area contributed by atoms with E-state index in [4.69, 9.17) is 9.47 Å². The van der Waals surface area contributed by atoms with Crippen molar-refractivity contribution in [1.29, 1.82) is 0 Å². The minimum Gasteiger partial charge on any atom is -0.382 e. The second-order valence-corrected chi connectivity index (χ2v) is 8.42. The molecule has 0 spiro atoms. The van der Waals surface area contributed by atoms with E-state index in [1.807, 2.05) is 26.0 Å². The number of hydrogen-bond acceptors (Lipinski definition) is 6. The van der Waals surface area contributed by atoms with Gasteiger partial charge in [-0.2, -0.15) is 0 Å². The van der Waals surface area contributed by atoms with Crippen LogP contribution >= 0.6 is 11.9 Å². The van der Waals surface area contributed by atoms with E-state index in [0.29, 0.717) is 31.9 Å². The standard InChI is InChI=1S/C22H28FN3O3S/c1-4-30-26(13-17-6-5-7-18(23)11-17)22(27)20-12-24-21(10-16(20)2)25-8-9-29-19(14-25)15-28-3/h5-7,10-12,19H,4,8-9,13-15H2,1-3H3/t19-/m0/s1. The molecular formula is C22H28FN3O3S. The van der Waals surface area contributed by atoms with Gasteiger partial charge in [0.1, 0.15) is 11.6 Å². The van der Waals surface area contributed by atoms with E-state index in [2.05, 4.69) is 9.88 Å². The quantitative estimate of drug-likeness (QED) is 0.592. The number of nitrogens with zero attached hydrogens (tertiary/aromatic N) is 3. The second kappa shape index (κ2) is 10.7. The molecular weight excluding hydrogens is 405 g/mol. The maximum atomic E-state index is 13.5. The van der Waals surface area contributed by atoms with Crippen molar-refractivity contribution < 1.29 is 18.7 Å². The number of aromatic nitrogens is 1. The normalized spacial score (nSPS) is 16.5. The Kier molecular flexibility index (Phi) is 8.07. The van der Waals surface area contributed by atoms with E-state index in [9.17, 15) is 9.18 Å². The van der Waals surface area contributed by atoms with Gasteiger partial charge in [0, 0.05) is 32.1 Å². The number of aryl methyl sites for hydroxylation is 1. The summed E-state index contributed by atoms with van der Waals surface area (Å²) in [6.07, 6.45) is 1.65. The number of carbonyl (C=O) groups is 1. The summed E-state index contributed by atoms with van der Waals surface area (Å²) in [4.78, 5) is 19.9. The van der Waals surface area contributed by atoms with Crippen molar-refractivity contribution in [3.05, 3.63) is 59.0 Å². The molecule has 1 aromatic heterocycles. The molecule has 0 saturated carbocycles. The summed E-state index contributed by atoms with van der Waals surface area (Å²) in [6.45, 7) is 6.84. The Morgan fingerprint density at radius 1 is 1.43 bits per heavy atom. The predicted molar refractivity (Wildman–Crippen MR) is 117 cm³/mol. The first-order valence-electron chi connectivity index (χ1n) is 10.0. The highest BCUT2D eigenvalue weighted by atomic mass is 32.2. The fourth-order valence-electron chi connectivity index (χ4n) is 3.42. The molecule has 3 rings (SSSR count). The van der Waals surface area contributed by atoms with E-state index in [1.54, 1.807) is 23.7 Å². The average molecular weight is 434 g/mol. The number of anilines is 1. The maximum absolute atomic E-state index is 13.5. The van der Waals surface area contributed by atoms with E-state index in [1.165, 1.54) is 24.1 Å². The van der Waals surface area contributed by atoms with Crippen LogP contribution in [0.3, 0.4) is 0 Å². The zero-order chi connectivity index (χ0) is 21.5. The summed E-state index contributed by atoms with van der Waals surface area (Å²) >= 11 is 1.42. The Balaban J connectivity index is 1.75. The van der Waals surface area contributed by atoms with Gasteiger partial charge in [0.15, 0.2) is 0 Å². The smallest absolute Gasteiger partial charge is 0.265 e. The molecule has 0 bridgehead atoms. The van der Waals surface area contributed by atoms with Gasteiger partial charge in [0.05, 0.1) is 31.4 Å². The second-order valence-electron chi connectivity index (χ2n) is 7.14. The van der Waals surface area contributed by atoms with Crippen LogP contribution in [0.15, 0.2) is 36.5 Å². The van der Waals surface area contributed by atoms with Gasteiger partial charge in [0.25, 0.3) is 5.91 Å². The first kappa shape index (κ1) is 22.5. The molecule has 1 aromatic carbocycles. The number of ether oxygens (including phenoxy) is 2. The topological polar surface area (TPSA) is 54.9 Å². The summed E-state index contributed by atoms with van der Waals surface area (Å²) in [5, 5.41) is 0. The molecule has 2 heterocycles. The summed E-state index contributed by atoms with van der Waals surface area (Å²) < 4.78 is 26.1. The molecule has 6 nitrogen and oxygen atoms in total. The maximum Gasteiger partial charge on any atom is 0.265 e. The molecule has 8 heteroatoms. The fraction of sp³-hybridized carbons (Fsp3) is 0.455. The minimum atomic E-state index is -0.305. The lowest BCUT2D eigenvalue weighted by Gasteiger charge is -2.33. The fourth-order valence-corrected chi connectivity index (χ4v) is 4.19. The van der Waals surface area contributed by atoms with Gasteiger partial charge in [-0.05, 0) is 48.2 Å². The van der Waals surface area contributed by atoms with Crippen molar-refractivity contribution in [2.24, 2.45) is 0 Å². The van der Waals surface area contributed by atoms with Gasteiger partial charge in [0.2, 0.25) is 0 Å². The molecule has 1 aliphatic rings. The number of morpholine rings is 1. The van der Waals surface area contributed by atoms with Crippen LogP contribution < -0.4 is 4.90 Å². The van der Waals surface area contributed by atoms with Crippen LogP contribution in [0.1, 0.15) is 28.4 Å². The first-order valence-corrected chi connectivity index (χ1v) is 11.0. The third kappa shape index (κ3) is 5.71. The number of halogens is 1. The van der Waals surface area contributed by atoms with Crippen LogP contribution in [0.4, 0.5) is 10.2 Å².